The van der Waals surface area contributed by atoms with Crippen molar-refractivity contribution in [3.05, 3.63) is 17.2 Å². The zero-order valence-electron chi connectivity index (χ0n) is 6.87. The Kier molecular flexibility index (Phi) is 1.77. The van der Waals surface area contributed by atoms with E-state index in [-0.39, 0.29) is 6.08 Å². The zero-order chi connectivity index (χ0) is 9.42. The van der Waals surface area contributed by atoms with E-state index in [1.807, 2.05) is 0 Å². The molecule has 68 valence electrons. The van der Waals surface area contributed by atoms with Crippen LogP contribution in [0.1, 0.15) is 0 Å². The third-order valence-corrected chi connectivity index (χ3v) is 1.99. The second-order valence-electron chi connectivity index (χ2n) is 2.53. The first kappa shape index (κ1) is 8.19. The van der Waals surface area contributed by atoms with Gasteiger partial charge in [-0.05, 0) is 6.07 Å². The number of rotatable bonds is 1. The average Bonchev–Trinajstić information content (AvgIpc) is 2.48. The van der Waals surface area contributed by atoms with Gasteiger partial charge in [0, 0.05) is 6.07 Å². The van der Waals surface area contributed by atoms with Crippen LogP contribution >= 0.6 is 11.6 Å². The number of fused-ring (bicyclic) bond motifs is 1. The highest BCUT2D eigenvalue weighted by atomic mass is 35.5. The van der Waals surface area contributed by atoms with E-state index in [1.165, 1.54) is 7.11 Å². The predicted octanol–water partition coefficient (Wildman–Crippen LogP) is 2.07. The van der Waals surface area contributed by atoms with Gasteiger partial charge >= 0.3 is 6.08 Å². The predicted molar refractivity (Wildman–Crippen MR) is 50.0 cm³/mol. The molecule has 5 heteroatoms. The van der Waals surface area contributed by atoms with Crippen molar-refractivity contribution in [2.24, 2.45) is 0 Å². The lowest BCUT2D eigenvalue weighted by molar-refractivity contribution is 0.299. The Balaban J connectivity index is 2.70. The molecule has 2 N–H and O–H groups in total. The normalized spacial score (nSPS) is 10.6. The molecule has 0 atom stereocenters. The molecule has 2 rings (SSSR count). The van der Waals surface area contributed by atoms with Gasteiger partial charge in [-0.1, -0.05) is 11.6 Å². The number of hydrogen-bond donors (Lipinski definition) is 1. The van der Waals surface area contributed by atoms with E-state index < -0.39 is 0 Å². The van der Waals surface area contributed by atoms with Gasteiger partial charge in [-0.2, -0.15) is 4.98 Å². The number of benzene rings is 1. The fourth-order valence-corrected chi connectivity index (χ4v) is 1.19. The third kappa shape index (κ3) is 1.29. The summed E-state index contributed by atoms with van der Waals surface area (Å²) in [6, 6.07) is 3.26. The van der Waals surface area contributed by atoms with Crippen molar-refractivity contribution in [1.82, 2.24) is 4.98 Å². The third-order valence-electron chi connectivity index (χ3n) is 1.66. The second-order valence-corrected chi connectivity index (χ2v) is 2.93. The van der Waals surface area contributed by atoms with Gasteiger partial charge in [0.15, 0.2) is 5.58 Å². The SMILES string of the molecule is COc1nc2cc(Cl)c(N)cc2o1. The van der Waals surface area contributed by atoms with Crippen LogP contribution in [-0.2, 0) is 0 Å². The summed E-state index contributed by atoms with van der Waals surface area (Å²) < 4.78 is 10.00. The van der Waals surface area contributed by atoms with Crippen molar-refractivity contribution in [3.8, 4) is 6.08 Å². The number of oxazole rings is 1. The summed E-state index contributed by atoms with van der Waals surface area (Å²) in [6.07, 6.45) is 0.205. The van der Waals surface area contributed by atoms with Crippen LogP contribution < -0.4 is 10.5 Å². The summed E-state index contributed by atoms with van der Waals surface area (Å²) in [6.45, 7) is 0. The van der Waals surface area contributed by atoms with Crippen LogP contribution in [0.3, 0.4) is 0 Å². The van der Waals surface area contributed by atoms with Crippen molar-refractivity contribution < 1.29 is 9.15 Å². The van der Waals surface area contributed by atoms with Crippen LogP contribution in [0.25, 0.3) is 11.1 Å². The minimum atomic E-state index is 0.205. The molecule has 0 aliphatic carbocycles. The van der Waals surface area contributed by atoms with Crippen LogP contribution in [-0.4, -0.2) is 12.1 Å². The molecule has 0 saturated carbocycles. The molecule has 1 heterocycles. The lowest BCUT2D eigenvalue weighted by atomic mass is 10.3. The van der Waals surface area contributed by atoms with Crippen molar-refractivity contribution >= 4 is 28.4 Å². The fourth-order valence-electron chi connectivity index (χ4n) is 1.03. The van der Waals surface area contributed by atoms with Crippen LogP contribution in [0.5, 0.6) is 6.08 Å². The smallest absolute Gasteiger partial charge is 0.394 e. The lowest BCUT2D eigenvalue weighted by Crippen LogP contribution is -1.84. The summed E-state index contributed by atoms with van der Waals surface area (Å²) in [5.74, 6) is 0. The quantitative estimate of drug-likeness (QED) is 0.713. The molecule has 0 aliphatic rings. The topological polar surface area (TPSA) is 61.3 Å². The maximum atomic E-state index is 5.79. The highest BCUT2D eigenvalue weighted by Gasteiger charge is 2.07. The maximum Gasteiger partial charge on any atom is 0.394 e. The second kappa shape index (κ2) is 2.81. The number of nitrogens with two attached hydrogens (primary N) is 1. The molecule has 0 aliphatic heterocycles. The van der Waals surface area contributed by atoms with Gasteiger partial charge in [-0.3, -0.25) is 0 Å². The monoisotopic (exact) mass is 198 g/mol. The first-order valence-electron chi connectivity index (χ1n) is 3.60. The number of ether oxygens (including phenoxy) is 1. The van der Waals surface area contributed by atoms with Gasteiger partial charge in [0.05, 0.1) is 17.8 Å². The van der Waals surface area contributed by atoms with E-state index in [1.54, 1.807) is 12.1 Å². The molecule has 4 nitrogen and oxygen atoms in total. The van der Waals surface area contributed by atoms with E-state index in [2.05, 4.69) is 4.98 Å². The number of nitrogen functional groups attached to an aromatic ring is 1. The number of methoxy groups -OCH3 is 1. The Morgan fingerprint density at radius 3 is 3.00 bits per heavy atom. The minimum absolute atomic E-state index is 0.205. The Morgan fingerprint density at radius 2 is 2.31 bits per heavy atom. The maximum absolute atomic E-state index is 5.79. The zero-order valence-corrected chi connectivity index (χ0v) is 7.63. The molecule has 0 bridgehead atoms. The van der Waals surface area contributed by atoms with Gasteiger partial charge in [0.2, 0.25) is 0 Å². The van der Waals surface area contributed by atoms with Gasteiger partial charge < -0.3 is 14.9 Å². The molecule has 0 amide bonds. The van der Waals surface area contributed by atoms with Crippen LogP contribution in [0.15, 0.2) is 16.5 Å². The van der Waals surface area contributed by atoms with E-state index in [4.69, 9.17) is 26.5 Å². The summed E-state index contributed by atoms with van der Waals surface area (Å²) in [5, 5.41) is 0.462. The Morgan fingerprint density at radius 1 is 1.54 bits per heavy atom. The van der Waals surface area contributed by atoms with E-state index >= 15 is 0 Å². The van der Waals surface area contributed by atoms with Crippen molar-refractivity contribution in [2.75, 3.05) is 12.8 Å². The molecule has 0 fully saturated rings. The molecular weight excluding hydrogens is 192 g/mol. The first-order valence-corrected chi connectivity index (χ1v) is 3.98. The Labute approximate surface area is 79.2 Å². The summed E-state index contributed by atoms with van der Waals surface area (Å²) in [7, 11) is 1.48. The Bertz CT molecular complexity index is 414. The van der Waals surface area contributed by atoms with E-state index in [0.29, 0.717) is 21.8 Å². The van der Waals surface area contributed by atoms with E-state index in [9.17, 15) is 0 Å². The molecule has 1 aromatic carbocycles. The number of aromatic nitrogens is 1. The van der Waals surface area contributed by atoms with Crippen molar-refractivity contribution in [1.29, 1.82) is 0 Å². The largest absolute Gasteiger partial charge is 0.453 e. The summed E-state index contributed by atoms with van der Waals surface area (Å²) in [4.78, 5) is 4.00. The van der Waals surface area contributed by atoms with Gasteiger partial charge in [0.1, 0.15) is 5.52 Å². The fraction of sp³-hybridized carbons (Fsp3) is 0.125. The standard InChI is InChI=1S/C8H7ClN2O2/c1-12-8-11-6-2-4(9)5(10)3-7(6)13-8/h2-3H,10H2,1H3. The van der Waals surface area contributed by atoms with Crippen LogP contribution in [0.4, 0.5) is 5.69 Å². The molecule has 1 aromatic heterocycles. The molecule has 0 radical (unpaired) electrons. The lowest BCUT2D eigenvalue weighted by Gasteiger charge is -1.93. The molecule has 2 aromatic rings. The highest BCUT2D eigenvalue weighted by molar-refractivity contribution is 6.33. The number of halogens is 1. The molecular formula is C8H7ClN2O2. The number of nitrogens with zero attached hydrogens (tertiary/aromatic N) is 1. The minimum Gasteiger partial charge on any atom is -0.453 e. The van der Waals surface area contributed by atoms with E-state index in [0.717, 1.165) is 0 Å². The van der Waals surface area contributed by atoms with Gasteiger partial charge in [0.25, 0.3) is 0 Å². The van der Waals surface area contributed by atoms with Crippen LogP contribution in [0.2, 0.25) is 5.02 Å². The average molecular weight is 199 g/mol. The Hall–Kier alpha value is -1.42. The molecule has 0 spiro atoms. The molecule has 13 heavy (non-hydrogen) atoms. The summed E-state index contributed by atoms with van der Waals surface area (Å²) in [5.41, 5.74) is 7.25. The van der Waals surface area contributed by atoms with Crippen molar-refractivity contribution in [3.63, 3.8) is 0 Å². The van der Waals surface area contributed by atoms with Crippen LogP contribution in [0, 0.1) is 0 Å². The van der Waals surface area contributed by atoms with Gasteiger partial charge in [-0.15, -0.1) is 0 Å². The number of hydrogen-bond acceptors (Lipinski definition) is 4. The van der Waals surface area contributed by atoms with Gasteiger partial charge in [-0.25, -0.2) is 0 Å². The van der Waals surface area contributed by atoms with Crippen molar-refractivity contribution in [2.45, 2.75) is 0 Å². The highest BCUT2D eigenvalue weighted by Crippen LogP contribution is 2.28. The summed E-state index contributed by atoms with van der Waals surface area (Å²) >= 11 is 5.79. The first-order chi connectivity index (χ1) is 6.20. The molecule has 0 unspecified atom stereocenters. The molecule has 0 saturated heterocycles. The number of anilines is 1.